The Morgan fingerprint density at radius 2 is 2.44 bits per heavy atom. The van der Waals surface area contributed by atoms with E-state index in [-0.39, 0.29) is 5.56 Å². The average molecular weight is 223 g/mol. The lowest BCUT2D eigenvalue weighted by Crippen LogP contribution is -2.25. The second-order valence-corrected chi connectivity index (χ2v) is 2.96. The molecule has 0 bridgehead atoms. The van der Waals surface area contributed by atoms with Gasteiger partial charge in [-0.05, 0) is 18.0 Å². The van der Waals surface area contributed by atoms with Crippen molar-refractivity contribution in [3.8, 4) is 0 Å². The fraction of sp³-hybridized carbons (Fsp3) is 0.333. The third kappa shape index (κ3) is 3.93. The minimum absolute atomic E-state index is 0.170. The molecule has 1 N–H and O–H groups in total. The van der Waals surface area contributed by atoms with Crippen molar-refractivity contribution in [3.05, 3.63) is 40.3 Å². The van der Waals surface area contributed by atoms with Crippen molar-refractivity contribution in [3.63, 3.8) is 0 Å². The highest BCUT2D eigenvalue weighted by Gasteiger charge is 2.05. The van der Waals surface area contributed by atoms with Crippen LogP contribution in [0, 0.1) is 5.82 Å². The number of rotatable bonds is 5. The summed E-state index contributed by atoms with van der Waals surface area (Å²) in [5.74, 6) is -0.949. The fourth-order valence-electron chi connectivity index (χ4n) is 1.03. The van der Waals surface area contributed by atoms with E-state index in [0.29, 0.717) is 19.5 Å². The Bertz CT molecular complexity index is 416. The first-order chi connectivity index (χ1) is 7.74. The molecule has 0 aromatic carbocycles. The molecule has 6 nitrogen and oxygen atoms in total. The Hall–Kier alpha value is -2.14. The van der Waals surface area contributed by atoms with Crippen molar-refractivity contribution < 1.29 is 9.18 Å². The van der Waals surface area contributed by atoms with Gasteiger partial charge in [-0.2, -0.15) is 0 Å². The third-order valence-electron chi connectivity index (χ3n) is 1.75. The van der Waals surface area contributed by atoms with E-state index in [4.69, 9.17) is 5.53 Å². The normalized spacial score (nSPS) is 9.31. The van der Waals surface area contributed by atoms with Crippen LogP contribution in [0.3, 0.4) is 0 Å². The van der Waals surface area contributed by atoms with Crippen molar-refractivity contribution >= 4 is 5.91 Å². The SMILES string of the molecule is [N-]=[N+]=NCCCNC(=O)c1cncc(F)c1. The van der Waals surface area contributed by atoms with E-state index in [0.717, 1.165) is 12.3 Å². The summed E-state index contributed by atoms with van der Waals surface area (Å²) in [5.41, 5.74) is 8.17. The van der Waals surface area contributed by atoms with Crippen LogP contribution in [0.2, 0.25) is 0 Å². The molecule has 0 saturated heterocycles. The van der Waals surface area contributed by atoms with Crippen LogP contribution < -0.4 is 5.32 Å². The maximum absolute atomic E-state index is 12.7. The van der Waals surface area contributed by atoms with Gasteiger partial charge in [-0.25, -0.2) is 4.39 Å². The minimum atomic E-state index is -0.554. The number of hydrogen-bond donors (Lipinski definition) is 1. The molecule has 0 aliphatic carbocycles. The molecule has 0 aliphatic heterocycles. The van der Waals surface area contributed by atoms with Gasteiger partial charge in [-0.1, -0.05) is 5.11 Å². The van der Waals surface area contributed by atoms with Gasteiger partial charge in [0.2, 0.25) is 0 Å². The lowest BCUT2D eigenvalue weighted by Gasteiger charge is -2.03. The number of halogens is 1. The van der Waals surface area contributed by atoms with E-state index < -0.39 is 11.7 Å². The van der Waals surface area contributed by atoms with Crippen molar-refractivity contribution in [2.75, 3.05) is 13.1 Å². The molecule has 1 aromatic heterocycles. The number of hydrogen-bond acceptors (Lipinski definition) is 3. The number of carbonyl (C=O) groups excluding carboxylic acids is 1. The summed E-state index contributed by atoms with van der Waals surface area (Å²) >= 11 is 0. The second-order valence-electron chi connectivity index (χ2n) is 2.96. The quantitative estimate of drug-likeness (QED) is 0.356. The molecule has 1 rings (SSSR count). The Balaban J connectivity index is 2.38. The highest BCUT2D eigenvalue weighted by atomic mass is 19.1. The number of carbonyl (C=O) groups is 1. The van der Waals surface area contributed by atoms with Crippen molar-refractivity contribution in [1.29, 1.82) is 0 Å². The lowest BCUT2D eigenvalue weighted by atomic mass is 10.2. The highest BCUT2D eigenvalue weighted by Crippen LogP contribution is 2.00. The Kier molecular flexibility index (Phi) is 4.75. The Morgan fingerprint density at radius 1 is 1.62 bits per heavy atom. The van der Waals surface area contributed by atoms with Gasteiger partial charge in [0.15, 0.2) is 0 Å². The maximum Gasteiger partial charge on any atom is 0.252 e. The molecule has 1 aromatic rings. The number of aromatic nitrogens is 1. The van der Waals surface area contributed by atoms with Crippen LogP contribution in [-0.2, 0) is 0 Å². The van der Waals surface area contributed by atoms with Gasteiger partial charge in [-0.3, -0.25) is 9.78 Å². The third-order valence-corrected chi connectivity index (χ3v) is 1.75. The smallest absolute Gasteiger partial charge is 0.252 e. The van der Waals surface area contributed by atoms with Crippen LogP contribution in [0.25, 0.3) is 10.4 Å². The summed E-state index contributed by atoms with van der Waals surface area (Å²) in [7, 11) is 0. The first kappa shape index (κ1) is 11.9. The predicted molar refractivity (Wildman–Crippen MR) is 55.2 cm³/mol. The zero-order valence-corrected chi connectivity index (χ0v) is 8.43. The van der Waals surface area contributed by atoms with Crippen molar-refractivity contribution in [2.24, 2.45) is 5.11 Å². The monoisotopic (exact) mass is 223 g/mol. The van der Waals surface area contributed by atoms with Gasteiger partial charge < -0.3 is 5.32 Å². The van der Waals surface area contributed by atoms with Gasteiger partial charge in [0, 0.05) is 24.2 Å². The zero-order valence-electron chi connectivity index (χ0n) is 8.43. The molecule has 0 aliphatic rings. The molecule has 0 saturated carbocycles. The van der Waals surface area contributed by atoms with E-state index in [1.54, 1.807) is 0 Å². The van der Waals surface area contributed by atoms with Crippen LogP contribution in [0.4, 0.5) is 4.39 Å². The van der Waals surface area contributed by atoms with Gasteiger partial charge in [0.1, 0.15) is 5.82 Å². The van der Waals surface area contributed by atoms with Gasteiger partial charge >= 0.3 is 0 Å². The van der Waals surface area contributed by atoms with Crippen LogP contribution in [0.15, 0.2) is 23.6 Å². The molecule has 0 radical (unpaired) electrons. The number of azide groups is 1. The molecular formula is C9H10FN5O. The molecule has 16 heavy (non-hydrogen) atoms. The zero-order chi connectivity index (χ0) is 11.8. The van der Waals surface area contributed by atoms with Crippen LogP contribution in [-0.4, -0.2) is 24.0 Å². The van der Waals surface area contributed by atoms with Crippen LogP contribution in [0.5, 0.6) is 0 Å². The van der Waals surface area contributed by atoms with E-state index in [9.17, 15) is 9.18 Å². The van der Waals surface area contributed by atoms with E-state index in [1.165, 1.54) is 6.20 Å². The highest BCUT2D eigenvalue weighted by molar-refractivity contribution is 5.93. The van der Waals surface area contributed by atoms with Gasteiger partial charge in [0.05, 0.1) is 11.8 Å². The molecular weight excluding hydrogens is 213 g/mol. The van der Waals surface area contributed by atoms with Crippen molar-refractivity contribution in [1.82, 2.24) is 10.3 Å². The average Bonchev–Trinajstić information content (AvgIpc) is 2.28. The molecule has 0 atom stereocenters. The number of nitrogens with zero attached hydrogens (tertiary/aromatic N) is 4. The summed E-state index contributed by atoms with van der Waals surface area (Å²) in [5, 5.41) is 5.87. The first-order valence-electron chi connectivity index (χ1n) is 4.63. The Labute approximate surface area is 91.1 Å². The molecule has 7 heteroatoms. The standard InChI is InChI=1S/C9H10FN5O/c10-8-4-7(5-12-6-8)9(16)13-2-1-3-14-15-11/h4-6H,1-3H2,(H,13,16). The van der Waals surface area contributed by atoms with Gasteiger partial charge in [-0.15, -0.1) is 0 Å². The Morgan fingerprint density at radius 3 is 3.12 bits per heavy atom. The van der Waals surface area contributed by atoms with Crippen molar-refractivity contribution in [2.45, 2.75) is 6.42 Å². The second kappa shape index (κ2) is 6.36. The summed E-state index contributed by atoms with van der Waals surface area (Å²) in [4.78, 5) is 17.5. The predicted octanol–water partition coefficient (Wildman–Crippen LogP) is 1.65. The number of amides is 1. The van der Waals surface area contributed by atoms with Gasteiger partial charge in [0.25, 0.3) is 5.91 Å². The maximum atomic E-state index is 12.7. The number of nitrogens with one attached hydrogen (secondary N) is 1. The molecule has 0 spiro atoms. The molecule has 1 heterocycles. The number of pyridine rings is 1. The lowest BCUT2D eigenvalue weighted by molar-refractivity contribution is 0.0952. The summed E-state index contributed by atoms with van der Waals surface area (Å²) in [6.45, 7) is 0.687. The topological polar surface area (TPSA) is 90.8 Å². The van der Waals surface area contributed by atoms with E-state index in [2.05, 4.69) is 20.3 Å². The summed E-state index contributed by atoms with van der Waals surface area (Å²) < 4.78 is 12.7. The largest absolute Gasteiger partial charge is 0.352 e. The molecule has 0 unspecified atom stereocenters. The van der Waals surface area contributed by atoms with E-state index in [1.807, 2.05) is 0 Å². The molecule has 84 valence electrons. The summed E-state index contributed by atoms with van der Waals surface area (Å²) in [6.07, 6.45) is 2.85. The fourth-order valence-corrected chi connectivity index (χ4v) is 1.03. The van der Waals surface area contributed by atoms with Crippen LogP contribution in [0.1, 0.15) is 16.8 Å². The summed E-state index contributed by atoms with van der Waals surface area (Å²) in [6, 6.07) is 1.11. The molecule has 1 amide bonds. The first-order valence-corrected chi connectivity index (χ1v) is 4.63. The van der Waals surface area contributed by atoms with Crippen LogP contribution >= 0.6 is 0 Å². The molecule has 0 fully saturated rings. The van der Waals surface area contributed by atoms with E-state index >= 15 is 0 Å². The minimum Gasteiger partial charge on any atom is -0.352 e.